The summed E-state index contributed by atoms with van der Waals surface area (Å²) in [6, 6.07) is 26.8. The highest BCUT2D eigenvalue weighted by Crippen LogP contribution is 2.23. The van der Waals surface area contributed by atoms with Crippen molar-refractivity contribution in [3.63, 3.8) is 0 Å². The fourth-order valence-corrected chi connectivity index (χ4v) is 3.29. The predicted molar refractivity (Wildman–Crippen MR) is 128 cm³/mol. The monoisotopic (exact) mass is 458 g/mol. The molecule has 0 fully saturated rings. The highest BCUT2D eigenvalue weighted by molar-refractivity contribution is 6.32. The van der Waals surface area contributed by atoms with Crippen molar-refractivity contribution in [2.75, 3.05) is 6.61 Å². The van der Waals surface area contributed by atoms with Crippen molar-refractivity contribution in [1.82, 2.24) is 5.43 Å². The lowest BCUT2D eigenvalue weighted by Gasteiger charge is -2.07. The van der Waals surface area contributed by atoms with Gasteiger partial charge in [-0.2, -0.15) is 5.10 Å². The second kappa shape index (κ2) is 10.4. The summed E-state index contributed by atoms with van der Waals surface area (Å²) in [6.45, 7) is -0.218. The first-order valence-corrected chi connectivity index (χ1v) is 10.5. The van der Waals surface area contributed by atoms with Crippen LogP contribution in [0.3, 0.4) is 0 Å². The van der Waals surface area contributed by atoms with Crippen LogP contribution in [-0.2, 0) is 4.79 Å². The molecule has 0 saturated heterocycles. The minimum Gasteiger partial charge on any atom is -0.482 e. The third kappa shape index (κ3) is 5.75. The Bertz CT molecular complexity index is 1310. The van der Waals surface area contributed by atoms with Gasteiger partial charge in [0.05, 0.1) is 16.8 Å². The maximum absolute atomic E-state index is 12.6. The summed E-state index contributed by atoms with van der Waals surface area (Å²) in [5.74, 6) is -0.0278. The third-order valence-corrected chi connectivity index (χ3v) is 5.01. The normalized spacial score (nSPS) is 10.8. The van der Waals surface area contributed by atoms with Crippen LogP contribution in [0.15, 0.2) is 96.1 Å². The van der Waals surface area contributed by atoms with E-state index >= 15 is 0 Å². The van der Waals surface area contributed by atoms with E-state index in [1.807, 2.05) is 36.4 Å². The van der Waals surface area contributed by atoms with Crippen LogP contribution in [0.2, 0.25) is 5.02 Å². The summed E-state index contributed by atoms with van der Waals surface area (Å²) < 4.78 is 10.9. The molecule has 6 nitrogen and oxygen atoms in total. The first-order chi connectivity index (χ1) is 16.1. The van der Waals surface area contributed by atoms with E-state index in [-0.39, 0.29) is 6.61 Å². The summed E-state index contributed by atoms with van der Waals surface area (Å²) in [5, 5.41) is 6.14. The van der Waals surface area contributed by atoms with Gasteiger partial charge in [-0.05, 0) is 58.8 Å². The minimum absolute atomic E-state index is 0.218. The SMILES string of the molecule is O=C(COc1ccccc1Cl)NN=Cc1ccc(OC(=O)c2cccc3ccccc23)cc1. The molecule has 1 amide bonds. The van der Waals surface area contributed by atoms with Crippen LogP contribution in [0.25, 0.3) is 10.8 Å². The van der Waals surface area contributed by atoms with E-state index in [4.69, 9.17) is 21.1 Å². The number of hydrazone groups is 1. The van der Waals surface area contributed by atoms with Crippen LogP contribution in [0, 0.1) is 0 Å². The van der Waals surface area contributed by atoms with E-state index in [9.17, 15) is 9.59 Å². The molecule has 0 bridgehead atoms. The van der Waals surface area contributed by atoms with Crippen LogP contribution in [0.1, 0.15) is 15.9 Å². The molecule has 0 spiro atoms. The average molecular weight is 459 g/mol. The van der Waals surface area contributed by atoms with Gasteiger partial charge >= 0.3 is 5.97 Å². The van der Waals surface area contributed by atoms with Crippen molar-refractivity contribution in [3.8, 4) is 11.5 Å². The highest BCUT2D eigenvalue weighted by atomic mass is 35.5. The molecule has 7 heteroatoms. The highest BCUT2D eigenvalue weighted by Gasteiger charge is 2.12. The average Bonchev–Trinajstić information content (AvgIpc) is 2.84. The van der Waals surface area contributed by atoms with Gasteiger partial charge in [0.1, 0.15) is 11.5 Å². The Morgan fingerprint density at radius 2 is 1.61 bits per heavy atom. The number of hydrogen-bond acceptors (Lipinski definition) is 5. The van der Waals surface area contributed by atoms with Crippen molar-refractivity contribution < 1.29 is 19.1 Å². The van der Waals surface area contributed by atoms with Gasteiger partial charge in [-0.15, -0.1) is 0 Å². The molecule has 4 rings (SSSR count). The van der Waals surface area contributed by atoms with Gasteiger partial charge in [0, 0.05) is 0 Å². The molecule has 0 aliphatic carbocycles. The van der Waals surface area contributed by atoms with Crippen LogP contribution >= 0.6 is 11.6 Å². The van der Waals surface area contributed by atoms with Crippen molar-refractivity contribution in [1.29, 1.82) is 0 Å². The van der Waals surface area contributed by atoms with Crippen molar-refractivity contribution in [2.45, 2.75) is 0 Å². The number of halogens is 1. The van der Waals surface area contributed by atoms with Gasteiger partial charge in [0.25, 0.3) is 5.91 Å². The van der Waals surface area contributed by atoms with Gasteiger partial charge in [-0.3, -0.25) is 4.79 Å². The third-order valence-electron chi connectivity index (χ3n) is 4.70. The number of ether oxygens (including phenoxy) is 2. The summed E-state index contributed by atoms with van der Waals surface area (Å²) in [4.78, 5) is 24.5. The molecule has 4 aromatic rings. The summed E-state index contributed by atoms with van der Waals surface area (Å²) in [6.07, 6.45) is 1.48. The molecule has 4 aromatic carbocycles. The van der Waals surface area contributed by atoms with Crippen LogP contribution in [0.5, 0.6) is 11.5 Å². The maximum atomic E-state index is 12.6. The van der Waals surface area contributed by atoms with E-state index in [1.54, 1.807) is 54.6 Å². The summed E-state index contributed by atoms with van der Waals surface area (Å²) in [5.41, 5.74) is 3.60. The van der Waals surface area contributed by atoms with Crippen molar-refractivity contribution >= 4 is 40.5 Å². The maximum Gasteiger partial charge on any atom is 0.344 e. The Morgan fingerprint density at radius 3 is 2.42 bits per heavy atom. The fraction of sp³-hybridized carbons (Fsp3) is 0.0385. The van der Waals surface area contributed by atoms with Gasteiger partial charge in [-0.1, -0.05) is 60.1 Å². The number of carbonyl (C=O) groups excluding carboxylic acids is 2. The standard InChI is InChI=1S/C26H19ClN2O4/c27-23-10-3-4-11-24(23)32-17-25(30)29-28-16-18-12-14-20(15-13-18)33-26(31)22-9-5-7-19-6-1-2-8-21(19)22/h1-16H,17H2,(H,29,30). The molecular weight excluding hydrogens is 440 g/mol. The molecule has 0 aliphatic heterocycles. The topological polar surface area (TPSA) is 77.0 Å². The molecule has 0 saturated carbocycles. The quantitative estimate of drug-likeness (QED) is 0.178. The van der Waals surface area contributed by atoms with E-state index in [0.29, 0.717) is 27.6 Å². The Balaban J connectivity index is 1.30. The van der Waals surface area contributed by atoms with Crippen LogP contribution < -0.4 is 14.9 Å². The van der Waals surface area contributed by atoms with Gasteiger partial charge in [0.15, 0.2) is 6.61 Å². The molecule has 33 heavy (non-hydrogen) atoms. The van der Waals surface area contributed by atoms with Gasteiger partial charge < -0.3 is 9.47 Å². The number of benzene rings is 4. The van der Waals surface area contributed by atoms with E-state index in [0.717, 1.165) is 10.8 Å². The minimum atomic E-state index is -0.431. The van der Waals surface area contributed by atoms with Crippen molar-refractivity contribution in [3.05, 3.63) is 107 Å². The number of hydrogen-bond donors (Lipinski definition) is 1. The smallest absolute Gasteiger partial charge is 0.344 e. The van der Waals surface area contributed by atoms with Gasteiger partial charge in [-0.25, -0.2) is 10.2 Å². The number of nitrogens with one attached hydrogen (secondary N) is 1. The zero-order valence-electron chi connectivity index (χ0n) is 17.4. The Kier molecular flexibility index (Phi) is 6.97. The first kappa shape index (κ1) is 22.0. The lowest BCUT2D eigenvalue weighted by molar-refractivity contribution is -0.123. The van der Waals surface area contributed by atoms with E-state index in [2.05, 4.69) is 10.5 Å². The lowest BCUT2D eigenvalue weighted by Crippen LogP contribution is -2.24. The number of carbonyl (C=O) groups is 2. The molecule has 0 heterocycles. The molecule has 164 valence electrons. The second-order valence-corrected chi connectivity index (χ2v) is 7.40. The summed E-state index contributed by atoms with van der Waals surface area (Å²) >= 11 is 5.98. The number of para-hydroxylation sites is 1. The van der Waals surface area contributed by atoms with Crippen LogP contribution in [-0.4, -0.2) is 24.7 Å². The Morgan fingerprint density at radius 1 is 0.879 bits per heavy atom. The zero-order valence-corrected chi connectivity index (χ0v) is 18.2. The number of rotatable bonds is 7. The van der Waals surface area contributed by atoms with E-state index < -0.39 is 11.9 Å². The summed E-state index contributed by atoms with van der Waals surface area (Å²) in [7, 11) is 0. The molecule has 0 radical (unpaired) electrons. The number of esters is 1. The number of fused-ring (bicyclic) bond motifs is 1. The van der Waals surface area contributed by atoms with Crippen molar-refractivity contribution in [2.24, 2.45) is 5.10 Å². The first-order valence-electron chi connectivity index (χ1n) is 10.1. The molecule has 0 aliphatic rings. The molecule has 0 unspecified atom stereocenters. The second-order valence-electron chi connectivity index (χ2n) is 7.00. The molecule has 0 aromatic heterocycles. The lowest BCUT2D eigenvalue weighted by atomic mass is 10.0. The van der Waals surface area contributed by atoms with Gasteiger partial charge in [0.2, 0.25) is 0 Å². The number of nitrogens with zero attached hydrogens (tertiary/aromatic N) is 1. The molecule has 1 N–H and O–H groups in total. The Hall–Kier alpha value is -4.16. The molecule has 0 atom stereocenters. The fourth-order valence-electron chi connectivity index (χ4n) is 3.10. The zero-order chi connectivity index (χ0) is 23.0. The molecular formula is C26H19ClN2O4. The van der Waals surface area contributed by atoms with Crippen LogP contribution in [0.4, 0.5) is 0 Å². The predicted octanol–water partition coefficient (Wildman–Crippen LogP) is 5.24. The van der Waals surface area contributed by atoms with E-state index in [1.165, 1.54) is 6.21 Å². The largest absolute Gasteiger partial charge is 0.482 e. The number of amides is 1. The Labute approximate surface area is 195 Å².